The summed E-state index contributed by atoms with van der Waals surface area (Å²) >= 11 is 0.377. The van der Waals surface area contributed by atoms with Gasteiger partial charge in [-0.2, -0.15) is 0 Å². The van der Waals surface area contributed by atoms with Crippen LogP contribution < -0.4 is 9.47 Å². The Morgan fingerprint density at radius 2 is 2.05 bits per heavy atom. The van der Waals surface area contributed by atoms with Gasteiger partial charge in [0.15, 0.2) is 0 Å². The van der Waals surface area contributed by atoms with Gasteiger partial charge in [-0.1, -0.05) is 0 Å². The van der Waals surface area contributed by atoms with Crippen LogP contribution in [0.4, 0.5) is 0 Å². The van der Waals surface area contributed by atoms with Crippen molar-refractivity contribution in [1.29, 1.82) is 0 Å². The van der Waals surface area contributed by atoms with Crippen LogP contribution >= 0.6 is 0 Å². The Morgan fingerprint density at radius 3 is 2.73 bits per heavy atom. The third kappa shape index (κ3) is 4.59. The van der Waals surface area contributed by atoms with Crippen LogP contribution in [0.5, 0.6) is 11.5 Å². The van der Waals surface area contributed by atoms with Crippen molar-refractivity contribution in [2.24, 2.45) is 0 Å². The number of carbonyl (C=O) groups excluding carboxylic acids is 2. The van der Waals surface area contributed by atoms with Crippen LogP contribution in [0.1, 0.15) is 42.5 Å². The van der Waals surface area contributed by atoms with Crippen LogP contribution in [0.3, 0.4) is 0 Å². The Labute approximate surface area is 137 Å². The van der Waals surface area contributed by atoms with E-state index in [9.17, 15) is 9.59 Å². The average Bonchev–Trinajstić information content (AvgIpc) is 2.54. The van der Waals surface area contributed by atoms with Gasteiger partial charge < -0.3 is 0 Å². The van der Waals surface area contributed by atoms with Crippen LogP contribution in [-0.4, -0.2) is 40.7 Å². The first-order chi connectivity index (χ1) is 10.6. The van der Waals surface area contributed by atoms with E-state index in [0.29, 0.717) is 49.0 Å². The number of benzene rings is 1. The number of ketones is 2. The molecule has 5 heteroatoms. The van der Waals surface area contributed by atoms with E-state index in [1.165, 1.54) is 0 Å². The molecule has 1 aliphatic rings. The molecule has 4 nitrogen and oxygen atoms in total. The van der Waals surface area contributed by atoms with E-state index < -0.39 is 0 Å². The molecule has 0 bridgehead atoms. The monoisotopic (exact) mass is 370 g/mol. The quantitative estimate of drug-likeness (QED) is 0.547. The van der Waals surface area contributed by atoms with Crippen LogP contribution in [0, 0.1) is 0 Å². The molecule has 0 spiro atoms. The summed E-state index contributed by atoms with van der Waals surface area (Å²) in [5.74, 6) is 1.73. The molecule has 1 aromatic carbocycles. The molecule has 1 unspecified atom stereocenters. The second-order valence-corrected chi connectivity index (χ2v) is 8.33. The van der Waals surface area contributed by atoms with E-state index in [2.05, 4.69) is 0 Å². The third-order valence-electron chi connectivity index (χ3n) is 3.83. The summed E-state index contributed by atoms with van der Waals surface area (Å²) in [5, 5.41) is 0.901. The molecule has 0 N–H and O–H groups in total. The molecular weight excluding hydrogens is 347 g/mol. The van der Waals surface area contributed by atoms with Crippen molar-refractivity contribution in [3.05, 3.63) is 23.8 Å². The molecule has 1 saturated carbocycles. The molecule has 0 aromatic heterocycles. The summed E-state index contributed by atoms with van der Waals surface area (Å²) < 4.78 is 10.4. The average molecular weight is 369 g/mol. The summed E-state index contributed by atoms with van der Waals surface area (Å²) in [6.07, 6.45) is 4.19. The van der Waals surface area contributed by atoms with Crippen LogP contribution in [0.25, 0.3) is 0 Å². The zero-order chi connectivity index (χ0) is 15.9. The zero-order valence-electron chi connectivity index (χ0n) is 13.1. The fourth-order valence-electron chi connectivity index (χ4n) is 2.60. The number of methoxy groups -OCH3 is 2. The summed E-state index contributed by atoms with van der Waals surface area (Å²) in [6, 6.07) is 5.27. The van der Waals surface area contributed by atoms with Crippen LogP contribution in [0.2, 0.25) is 10.1 Å². The molecule has 1 aromatic rings. The van der Waals surface area contributed by atoms with Gasteiger partial charge in [-0.05, 0) is 0 Å². The van der Waals surface area contributed by atoms with Gasteiger partial charge >= 0.3 is 137 Å². The van der Waals surface area contributed by atoms with Gasteiger partial charge in [-0.25, -0.2) is 0 Å². The molecule has 0 aliphatic heterocycles. The summed E-state index contributed by atoms with van der Waals surface area (Å²) in [5.41, 5.74) is 0.660. The van der Waals surface area contributed by atoms with Crippen molar-refractivity contribution in [2.75, 3.05) is 14.2 Å². The van der Waals surface area contributed by atoms with Gasteiger partial charge in [0.1, 0.15) is 0 Å². The van der Waals surface area contributed by atoms with Crippen LogP contribution in [-0.2, 0) is 4.79 Å². The number of hydrogen-bond acceptors (Lipinski definition) is 4. The zero-order valence-corrected chi connectivity index (χ0v) is 14.8. The molecule has 120 valence electrons. The van der Waals surface area contributed by atoms with E-state index in [0.717, 1.165) is 31.0 Å². The minimum absolute atomic E-state index is 0.130. The molecule has 0 radical (unpaired) electrons. The number of ether oxygens (including phenoxy) is 2. The van der Waals surface area contributed by atoms with Crippen molar-refractivity contribution in [3.8, 4) is 11.5 Å². The van der Waals surface area contributed by atoms with Gasteiger partial charge in [0, 0.05) is 0 Å². The molecule has 2 rings (SSSR count). The predicted octanol–water partition coefficient (Wildman–Crippen LogP) is 3.33. The third-order valence-corrected chi connectivity index (χ3v) is 6.58. The topological polar surface area (TPSA) is 52.6 Å². The van der Waals surface area contributed by atoms with E-state index in [-0.39, 0.29) is 5.78 Å². The molecule has 1 fully saturated rings. The molecule has 1 atom stereocenters. The maximum atomic E-state index is 12.3. The SMILES string of the molecule is COc1ccc(C(=O)CC[Se]C2CCCC(=O)C2)cc1OC. The molecule has 0 amide bonds. The number of Topliss-reactive ketones (excluding diaryl/α,β-unsaturated/α-hetero) is 2. The summed E-state index contributed by atoms with van der Waals surface area (Å²) in [4.78, 5) is 24.2. The van der Waals surface area contributed by atoms with Gasteiger partial charge in [-0.3, -0.25) is 0 Å². The van der Waals surface area contributed by atoms with Gasteiger partial charge in [0.05, 0.1) is 0 Å². The van der Waals surface area contributed by atoms with Gasteiger partial charge in [0.25, 0.3) is 0 Å². The van der Waals surface area contributed by atoms with Crippen molar-refractivity contribution in [1.82, 2.24) is 0 Å². The maximum absolute atomic E-state index is 12.3. The Balaban J connectivity index is 1.85. The normalized spacial score (nSPS) is 18.1. The second kappa shape index (κ2) is 8.35. The molecule has 22 heavy (non-hydrogen) atoms. The first-order valence-electron chi connectivity index (χ1n) is 7.52. The second-order valence-electron chi connectivity index (χ2n) is 5.37. The van der Waals surface area contributed by atoms with Crippen LogP contribution in [0.15, 0.2) is 18.2 Å². The summed E-state index contributed by atoms with van der Waals surface area (Å²) in [6.45, 7) is 0. The van der Waals surface area contributed by atoms with Crippen molar-refractivity contribution in [3.63, 3.8) is 0 Å². The molecule has 1 aliphatic carbocycles. The van der Waals surface area contributed by atoms with E-state index in [1.54, 1.807) is 32.4 Å². The Kier molecular flexibility index (Phi) is 6.47. The van der Waals surface area contributed by atoms with Gasteiger partial charge in [0.2, 0.25) is 0 Å². The first-order valence-corrected chi connectivity index (χ1v) is 9.72. The van der Waals surface area contributed by atoms with E-state index >= 15 is 0 Å². The number of carbonyl (C=O) groups is 2. The Hall–Kier alpha value is -1.32. The predicted molar refractivity (Wildman–Crippen MR) is 86.3 cm³/mol. The fraction of sp³-hybridized carbons (Fsp3) is 0.529. The molecule has 0 heterocycles. The van der Waals surface area contributed by atoms with Gasteiger partial charge in [-0.15, -0.1) is 0 Å². The Bertz CT molecular complexity index is 541. The fourth-order valence-corrected chi connectivity index (χ4v) is 5.27. The van der Waals surface area contributed by atoms with Crippen molar-refractivity contribution < 1.29 is 19.1 Å². The number of rotatable bonds is 7. The van der Waals surface area contributed by atoms with E-state index in [1.807, 2.05) is 0 Å². The minimum atomic E-state index is 0.130. The van der Waals surface area contributed by atoms with Crippen molar-refractivity contribution >= 4 is 26.5 Å². The molecule has 0 saturated heterocycles. The Morgan fingerprint density at radius 1 is 1.27 bits per heavy atom. The first kappa shape index (κ1) is 17.0. The summed E-state index contributed by atoms with van der Waals surface area (Å²) in [7, 11) is 3.14. The number of hydrogen-bond donors (Lipinski definition) is 0. The van der Waals surface area contributed by atoms with E-state index in [4.69, 9.17) is 9.47 Å². The molecular formula is C17H22O4Se. The van der Waals surface area contributed by atoms with Crippen molar-refractivity contribution in [2.45, 2.75) is 42.2 Å². The standard InChI is InChI=1S/C17H22O4Se/c1-20-16-7-6-12(10-17(16)21-2)15(19)8-9-22-14-5-3-4-13(18)11-14/h6-7,10,14H,3-5,8-9,11H2,1-2H3.